The zero-order valence-electron chi connectivity index (χ0n) is 13.3. The maximum absolute atomic E-state index is 12.4. The number of hydrogen-bond acceptors (Lipinski definition) is 5. The van der Waals surface area contributed by atoms with Gasteiger partial charge >= 0.3 is 5.76 Å². The van der Waals surface area contributed by atoms with Crippen LogP contribution in [-0.4, -0.2) is 25.9 Å². The Morgan fingerprint density at radius 1 is 1.23 bits per heavy atom. The summed E-state index contributed by atoms with van der Waals surface area (Å²) < 4.78 is 31.3. The molecule has 132 valence electrons. The molecule has 9 heteroatoms. The minimum atomic E-state index is -3.80. The first-order valence-corrected chi connectivity index (χ1v) is 8.85. The number of carbonyl (C=O) groups excluding carboxylic acids is 1. The summed E-state index contributed by atoms with van der Waals surface area (Å²) in [5.41, 5.74) is 1.36. The van der Waals surface area contributed by atoms with Gasteiger partial charge in [-0.1, -0.05) is 12.0 Å². The van der Waals surface area contributed by atoms with Gasteiger partial charge in [0.1, 0.15) is 0 Å². The zero-order chi connectivity index (χ0) is 18.7. The van der Waals surface area contributed by atoms with Crippen molar-refractivity contribution in [3.63, 3.8) is 0 Å². The number of sulfonamides is 1. The molecule has 2 aromatic carbocycles. The van der Waals surface area contributed by atoms with E-state index < -0.39 is 21.7 Å². The van der Waals surface area contributed by atoms with E-state index in [1.54, 1.807) is 6.07 Å². The first-order chi connectivity index (χ1) is 12.4. The topological polar surface area (TPSA) is 121 Å². The molecule has 3 rings (SSSR count). The lowest BCUT2D eigenvalue weighted by Gasteiger charge is -2.08. The number of benzene rings is 2. The molecule has 0 aliphatic heterocycles. The lowest BCUT2D eigenvalue weighted by Crippen LogP contribution is -2.24. The van der Waals surface area contributed by atoms with Crippen LogP contribution in [-0.2, 0) is 10.0 Å². The van der Waals surface area contributed by atoms with Crippen molar-refractivity contribution in [3.05, 3.63) is 58.6 Å². The van der Waals surface area contributed by atoms with Gasteiger partial charge in [0.25, 0.3) is 5.91 Å². The van der Waals surface area contributed by atoms with E-state index in [2.05, 4.69) is 20.9 Å². The second kappa shape index (κ2) is 6.87. The van der Waals surface area contributed by atoms with Crippen molar-refractivity contribution >= 4 is 32.7 Å². The molecule has 0 atom stereocenters. The van der Waals surface area contributed by atoms with Gasteiger partial charge in [-0.2, -0.15) is 4.72 Å². The Balaban J connectivity index is 1.84. The highest BCUT2D eigenvalue weighted by molar-refractivity contribution is 7.89. The van der Waals surface area contributed by atoms with Crippen LogP contribution in [0.15, 0.2) is 56.6 Å². The predicted octanol–water partition coefficient (Wildman–Crippen LogP) is 1.28. The fraction of sp³-hybridized carbons (Fsp3) is 0.0588. The number of H-pyrrole nitrogens is 1. The summed E-state index contributed by atoms with van der Waals surface area (Å²) in [6, 6.07) is 10.2. The van der Waals surface area contributed by atoms with Gasteiger partial charge < -0.3 is 9.73 Å². The summed E-state index contributed by atoms with van der Waals surface area (Å²) in [6.45, 7) is -0.151. The minimum Gasteiger partial charge on any atom is -0.408 e. The van der Waals surface area contributed by atoms with Crippen LogP contribution < -0.4 is 15.8 Å². The number of carbonyl (C=O) groups is 1. The fourth-order valence-electron chi connectivity index (χ4n) is 2.26. The van der Waals surface area contributed by atoms with Crippen molar-refractivity contribution in [2.24, 2.45) is 0 Å². The summed E-state index contributed by atoms with van der Waals surface area (Å²) >= 11 is 0. The molecule has 0 radical (unpaired) electrons. The van der Waals surface area contributed by atoms with Crippen LogP contribution in [0.25, 0.3) is 11.1 Å². The van der Waals surface area contributed by atoms with Gasteiger partial charge in [-0.05, 0) is 36.4 Å². The zero-order valence-corrected chi connectivity index (χ0v) is 14.1. The smallest absolute Gasteiger partial charge is 0.408 e. The Hall–Kier alpha value is -3.35. The Morgan fingerprint density at radius 3 is 2.81 bits per heavy atom. The molecular weight excluding hydrogens is 358 g/mol. The molecule has 1 aromatic heterocycles. The van der Waals surface area contributed by atoms with Gasteiger partial charge in [-0.15, -0.1) is 6.42 Å². The molecule has 0 bridgehead atoms. The van der Waals surface area contributed by atoms with E-state index in [-0.39, 0.29) is 17.0 Å². The largest absolute Gasteiger partial charge is 0.417 e. The predicted molar refractivity (Wildman–Crippen MR) is 95.3 cm³/mol. The molecule has 3 N–H and O–H groups in total. The van der Waals surface area contributed by atoms with E-state index in [1.807, 2.05) is 0 Å². The third-order valence-corrected chi connectivity index (χ3v) is 4.85. The van der Waals surface area contributed by atoms with E-state index in [9.17, 15) is 18.0 Å². The van der Waals surface area contributed by atoms with Crippen LogP contribution in [0.3, 0.4) is 0 Å². The summed E-state index contributed by atoms with van der Waals surface area (Å²) in [5, 5.41) is 2.63. The van der Waals surface area contributed by atoms with Crippen LogP contribution in [0.4, 0.5) is 5.69 Å². The Labute approximate surface area is 148 Å². The normalized spacial score (nSPS) is 11.2. The molecule has 1 heterocycles. The number of amides is 1. The van der Waals surface area contributed by atoms with Crippen LogP contribution in [0.1, 0.15) is 10.4 Å². The summed E-state index contributed by atoms with van der Waals surface area (Å²) in [4.78, 5) is 26.0. The van der Waals surface area contributed by atoms with Gasteiger partial charge in [0.05, 0.1) is 17.0 Å². The molecule has 0 fully saturated rings. The average molecular weight is 371 g/mol. The number of oxazole rings is 1. The van der Waals surface area contributed by atoms with E-state index in [1.165, 1.54) is 36.4 Å². The van der Waals surface area contributed by atoms with E-state index in [4.69, 9.17) is 10.8 Å². The monoisotopic (exact) mass is 371 g/mol. The van der Waals surface area contributed by atoms with Gasteiger partial charge in [0, 0.05) is 11.3 Å². The fourth-order valence-corrected chi connectivity index (χ4v) is 3.24. The van der Waals surface area contributed by atoms with Gasteiger partial charge in [-0.3, -0.25) is 9.78 Å². The maximum atomic E-state index is 12.4. The molecule has 0 unspecified atom stereocenters. The second-order valence-electron chi connectivity index (χ2n) is 5.24. The molecule has 0 aliphatic carbocycles. The van der Waals surface area contributed by atoms with Gasteiger partial charge in [-0.25, -0.2) is 13.2 Å². The van der Waals surface area contributed by atoms with Crippen molar-refractivity contribution in [2.75, 3.05) is 11.9 Å². The lowest BCUT2D eigenvalue weighted by molar-refractivity contribution is 0.102. The SMILES string of the molecule is C#CCNS(=O)(=O)c1cccc(C(=O)Nc2ccc3oc(=O)[nH]c3c2)c1. The van der Waals surface area contributed by atoms with Crippen LogP contribution >= 0.6 is 0 Å². The Bertz CT molecular complexity index is 1180. The number of anilines is 1. The standard InChI is InChI=1S/C17H13N3O5S/c1-2-8-18-26(23,24)13-5-3-4-11(9-13)16(21)19-12-6-7-15-14(10-12)20-17(22)25-15/h1,3-7,9-10,18H,8H2,(H,19,21)(H,20,22). The number of fused-ring (bicyclic) bond motifs is 1. The molecule has 0 spiro atoms. The van der Waals surface area contributed by atoms with Crippen molar-refractivity contribution < 1.29 is 17.6 Å². The Kier molecular flexibility index (Phi) is 4.62. The molecular formula is C17H13N3O5S. The number of aromatic amines is 1. The Morgan fingerprint density at radius 2 is 2.04 bits per heavy atom. The number of hydrogen-bond donors (Lipinski definition) is 3. The lowest BCUT2D eigenvalue weighted by atomic mass is 10.2. The van der Waals surface area contributed by atoms with Crippen molar-refractivity contribution in [2.45, 2.75) is 4.90 Å². The summed E-state index contributed by atoms with van der Waals surface area (Å²) in [6.07, 6.45) is 5.05. The first kappa shape index (κ1) is 17.5. The molecule has 26 heavy (non-hydrogen) atoms. The van der Waals surface area contributed by atoms with E-state index in [0.717, 1.165) is 0 Å². The maximum Gasteiger partial charge on any atom is 0.417 e. The van der Waals surface area contributed by atoms with E-state index >= 15 is 0 Å². The minimum absolute atomic E-state index is 0.0741. The highest BCUT2D eigenvalue weighted by Gasteiger charge is 2.16. The quantitative estimate of drug-likeness (QED) is 0.584. The van der Waals surface area contributed by atoms with Gasteiger partial charge in [0.2, 0.25) is 10.0 Å². The third-order valence-electron chi connectivity index (χ3n) is 3.45. The molecule has 8 nitrogen and oxygen atoms in total. The van der Waals surface area contributed by atoms with Crippen molar-refractivity contribution in [1.82, 2.24) is 9.71 Å². The average Bonchev–Trinajstić information content (AvgIpc) is 2.99. The highest BCUT2D eigenvalue weighted by Crippen LogP contribution is 2.18. The molecule has 1 amide bonds. The summed E-state index contributed by atoms with van der Waals surface area (Å²) in [7, 11) is -3.80. The first-order valence-electron chi connectivity index (χ1n) is 7.36. The van der Waals surface area contributed by atoms with Crippen molar-refractivity contribution in [3.8, 4) is 12.3 Å². The highest BCUT2D eigenvalue weighted by atomic mass is 32.2. The molecule has 3 aromatic rings. The number of terminal acetylenes is 1. The van der Waals surface area contributed by atoms with Gasteiger partial charge in [0.15, 0.2) is 5.58 Å². The van der Waals surface area contributed by atoms with E-state index in [0.29, 0.717) is 16.8 Å². The second-order valence-corrected chi connectivity index (χ2v) is 7.00. The van der Waals surface area contributed by atoms with Crippen LogP contribution in [0.5, 0.6) is 0 Å². The summed E-state index contributed by atoms with van der Waals surface area (Å²) in [5.74, 6) is 1.07. The third kappa shape index (κ3) is 3.66. The molecule has 0 saturated carbocycles. The van der Waals surface area contributed by atoms with Crippen molar-refractivity contribution in [1.29, 1.82) is 0 Å². The number of nitrogens with one attached hydrogen (secondary N) is 3. The van der Waals surface area contributed by atoms with Crippen LogP contribution in [0.2, 0.25) is 0 Å². The number of aromatic nitrogens is 1. The van der Waals surface area contributed by atoms with Crippen LogP contribution in [0, 0.1) is 12.3 Å². The number of rotatable bonds is 5. The molecule has 0 saturated heterocycles. The molecule has 0 aliphatic rings.